The van der Waals surface area contributed by atoms with E-state index in [2.05, 4.69) is 38.6 Å². The van der Waals surface area contributed by atoms with Crippen LogP contribution in [0.15, 0.2) is 48.1 Å². The summed E-state index contributed by atoms with van der Waals surface area (Å²) in [5.41, 5.74) is 3.99. The molecule has 29 heavy (non-hydrogen) atoms. The highest BCUT2D eigenvalue weighted by Crippen LogP contribution is 2.44. The molecule has 2 aliphatic carbocycles. The molecule has 0 amide bonds. The van der Waals surface area contributed by atoms with Gasteiger partial charge in [0.25, 0.3) is 0 Å². The number of halogens is 1. The smallest absolute Gasteiger partial charge is 0.113 e. The molecule has 0 heterocycles. The zero-order valence-electron chi connectivity index (χ0n) is 17.8. The fraction of sp³-hybridized carbons (Fsp3) is 0.500. The Hall–Kier alpha value is -1.82. The Balaban J connectivity index is 2.05. The van der Waals surface area contributed by atoms with Gasteiger partial charge < -0.3 is 5.11 Å². The number of nitriles is 1. The third-order valence-corrected chi connectivity index (χ3v) is 6.90. The lowest BCUT2D eigenvalue weighted by Gasteiger charge is -2.33. The highest BCUT2D eigenvalue weighted by atomic mass is 35.5. The maximum absolute atomic E-state index is 11.6. The Labute approximate surface area is 180 Å². The van der Waals surface area contributed by atoms with E-state index in [-0.39, 0.29) is 5.92 Å². The molecule has 1 N–H and O–H groups in total. The summed E-state index contributed by atoms with van der Waals surface area (Å²) in [6.07, 6.45) is 11.6. The Bertz CT molecular complexity index is 887. The summed E-state index contributed by atoms with van der Waals surface area (Å²) >= 11 is 6.70. The minimum Gasteiger partial charge on any atom is -0.381 e. The van der Waals surface area contributed by atoms with E-state index >= 15 is 0 Å². The second kappa shape index (κ2) is 8.90. The van der Waals surface area contributed by atoms with Crippen LogP contribution in [0.5, 0.6) is 0 Å². The van der Waals surface area contributed by atoms with Crippen LogP contribution in [0, 0.1) is 23.2 Å². The molecule has 1 saturated carbocycles. The van der Waals surface area contributed by atoms with Gasteiger partial charge in [0.2, 0.25) is 0 Å². The first kappa shape index (κ1) is 21.9. The van der Waals surface area contributed by atoms with Crippen LogP contribution in [0.4, 0.5) is 0 Å². The van der Waals surface area contributed by atoms with Crippen molar-refractivity contribution < 1.29 is 5.11 Å². The Morgan fingerprint density at radius 2 is 2.03 bits per heavy atom. The van der Waals surface area contributed by atoms with E-state index in [0.29, 0.717) is 16.9 Å². The number of aryl methyl sites for hydroxylation is 1. The molecule has 1 aromatic rings. The van der Waals surface area contributed by atoms with Gasteiger partial charge >= 0.3 is 0 Å². The van der Waals surface area contributed by atoms with Gasteiger partial charge in [-0.25, -0.2) is 0 Å². The van der Waals surface area contributed by atoms with Gasteiger partial charge in [0, 0.05) is 16.5 Å². The molecule has 0 spiro atoms. The van der Waals surface area contributed by atoms with Crippen molar-refractivity contribution in [3.63, 3.8) is 0 Å². The molecule has 0 aromatic heterocycles. The van der Waals surface area contributed by atoms with Crippen LogP contribution in [-0.4, -0.2) is 5.11 Å². The first-order valence-electron chi connectivity index (χ1n) is 10.8. The zero-order valence-corrected chi connectivity index (χ0v) is 18.6. The average Bonchev–Trinajstić information content (AvgIpc) is 2.91. The number of allylic oxidation sites excluding steroid dienone is 3. The topological polar surface area (TPSA) is 44.0 Å². The van der Waals surface area contributed by atoms with E-state index in [4.69, 9.17) is 11.6 Å². The van der Waals surface area contributed by atoms with Crippen LogP contribution >= 0.6 is 11.6 Å². The van der Waals surface area contributed by atoms with Crippen molar-refractivity contribution >= 4 is 11.6 Å². The summed E-state index contributed by atoms with van der Waals surface area (Å²) in [4.78, 5) is 0. The van der Waals surface area contributed by atoms with Gasteiger partial charge in [0.05, 0.1) is 6.07 Å². The highest BCUT2D eigenvalue weighted by Gasteiger charge is 2.33. The lowest BCUT2D eigenvalue weighted by atomic mass is 9.71. The van der Waals surface area contributed by atoms with Crippen LogP contribution in [0.25, 0.3) is 0 Å². The lowest BCUT2D eigenvalue weighted by Crippen LogP contribution is -2.25. The van der Waals surface area contributed by atoms with Crippen molar-refractivity contribution in [2.24, 2.45) is 11.8 Å². The monoisotopic (exact) mass is 409 g/mol. The summed E-state index contributed by atoms with van der Waals surface area (Å²) in [6, 6.07) is 6.64. The molecule has 0 aliphatic heterocycles. The van der Waals surface area contributed by atoms with Crippen LogP contribution in [0.3, 0.4) is 0 Å². The molecule has 3 heteroatoms. The van der Waals surface area contributed by atoms with Crippen LogP contribution < -0.4 is 0 Å². The van der Waals surface area contributed by atoms with Gasteiger partial charge in [-0.3, -0.25) is 0 Å². The number of hydrogen-bond acceptors (Lipinski definition) is 2. The highest BCUT2D eigenvalue weighted by molar-refractivity contribution is 6.31. The Morgan fingerprint density at radius 3 is 2.72 bits per heavy atom. The van der Waals surface area contributed by atoms with Crippen LogP contribution in [-0.2, 0) is 12.0 Å². The second-order valence-corrected chi connectivity index (χ2v) is 9.39. The van der Waals surface area contributed by atoms with E-state index in [0.717, 1.165) is 55.2 Å². The fourth-order valence-electron chi connectivity index (χ4n) is 4.94. The summed E-state index contributed by atoms with van der Waals surface area (Å²) in [6.45, 7) is 10.3. The van der Waals surface area contributed by atoms with Crippen molar-refractivity contribution in [3.05, 3.63) is 69.8 Å². The van der Waals surface area contributed by atoms with Gasteiger partial charge in [-0.1, -0.05) is 61.9 Å². The molecule has 1 aromatic carbocycles. The molecular formula is C26H32ClNO. The molecule has 4 atom stereocenters. The minimum atomic E-state index is -1.17. The first-order chi connectivity index (χ1) is 13.8. The van der Waals surface area contributed by atoms with Crippen molar-refractivity contribution in [2.45, 2.75) is 70.8 Å². The molecule has 0 bridgehead atoms. The van der Waals surface area contributed by atoms with E-state index in [9.17, 15) is 10.4 Å². The molecule has 0 radical (unpaired) electrons. The molecule has 3 rings (SSSR count). The zero-order chi connectivity index (χ0) is 21.2. The third kappa shape index (κ3) is 4.68. The number of rotatable bonds is 4. The van der Waals surface area contributed by atoms with Crippen molar-refractivity contribution in [1.29, 1.82) is 5.26 Å². The van der Waals surface area contributed by atoms with E-state index < -0.39 is 5.60 Å². The second-order valence-electron chi connectivity index (χ2n) is 8.98. The van der Waals surface area contributed by atoms with Crippen molar-refractivity contribution in [1.82, 2.24) is 0 Å². The molecule has 0 saturated heterocycles. The van der Waals surface area contributed by atoms with E-state index in [1.807, 2.05) is 25.1 Å². The van der Waals surface area contributed by atoms with Gasteiger partial charge in [0.1, 0.15) is 5.60 Å². The summed E-state index contributed by atoms with van der Waals surface area (Å²) in [5.74, 6) is 0.969. The molecule has 2 aliphatic rings. The van der Waals surface area contributed by atoms with Crippen LogP contribution in [0.2, 0.25) is 5.02 Å². The molecule has 4 unspecified atom stereocenters. The van der Waals surface area contributed by atoms with Crippen molar-refractivity contribution in [3.8, 4) is 6.07 Å². The Morgan fingerprint density at radius 1 is 1.28 bits per heavy atom. The van der Waals surface area contributed by atoms with E-state index in [1.54, 1.807) is 0 Å². The normalized spacial score (nSPS) is 27.0. The molecule has 1 fully saturated rings. The van der Waals surface area contributed by atoms with Gasteiger partial charge in [-0.15, -0.1) is 0 Å². The maximum Gasteiger partial charge on any atom is 0.113 e. The quantitative estimate of drug-likeness (QED) is 0.582. The first-order valence-corrected chi connectivity index (χ1v) is 11.1. The predicted octanol–water partition coefficient (Wildman–Crippen LogP) is 6.99. The number of nitrogens with zero attached hydrogens (tertiary/aromatic N) is 1. The fourth-order valence-corrected chi connectivity index (χ4v) is 5.31. The SMILES string of the molecule is C=C1C=CC(C(C)(O)c2cc(C3CC(C)CC(C#N)C3)c(CC)cc2Cl)=CCC1. The number of benzene rings is 1. The molecule has 2 nitrogen and oxygen atoms in total. The Kier molecular flexibility index (Phi) is 6.72. The van der Waals surface area contributed by atoms with Crippen LogP contribution in [0.1, 0.15) is 75.5 Å². The van der Waals surface area contributed by atoms with Gasteiger partial charge in [0.15, 0.2) is 0 Å². The van der Waals surface area contributed by atoms with Crippen molar-refractivity contribution in [2.75, 3.05) is 0 Å². The lowest BCUT2D eigenvalue weighted by molar-refractivity contribution is 0.101. The minimum absolute atomic E-state index is 0.103. The standard InChI is InChI=1S/C26H32ClNO/c1-5-20-14-25(27)24(26(4,29)22-8-6-7-17(2)9-10-22)15-23(20)21-12-18(3)11-19(13-21)16-28/h8-10,14-15,18-19,21,29H,2,5-7,11-13H2,1,3-4H3. The van der Waals surface area contributed by atoms with Gasteiger partial charge in [-0.05, 0) is 80.1 Å². The third-order valence-electron chi connectivity index (χ3n) is 6.59. The largest absolute Gasteiger partial charge is 0.381 e. The molecule has 154 valence electrons. The van der Waals surface area contributed by atoms with Gasteiger partial charge in [-0.2, -0.15) is 5.26 Å². The summed E-state index contributed by atoms with van der Waals surface area (Å²) in [7, 11) is 0. The molecular weight excluding hydrogens is 378 g/mol. The van der Waals surface area contributed by atoms with E-state index in [1.165, 1.54) is 11.1 Å². The summed E-state index contributed by atoms with van der Waals surface area (Å²) < 4.78 is 0. The summed E-state index contributed by atoms with van der Waals surface area (Å²) in [5, 5.41) is 21.7. The maximum atomic E-state index is 11.6. The predicted molar refractivity (Wildman–Crippen MR) is 121 cm³/mol. The number of aliphatic hydroxyl groups is 1. The average molecular weight is 410 g/mol. The number of hydrogen-bond donors (Lipinski definition) is 1.